The van der Waals surface area contributed by atoms with Crippen molar-refractivity contribution < 1.29 is 29.3 Å². The molecule has 10 nitrogen and oxygen atoms in total. The Bertz CT molecular complexity index is 1310. The van der Waals surface area contributed by atoms with E-state index in [0.29, 0.717) is 46.3 Å². The molecule has 0 saturated heterocycles. The van der Waals surface area contributed by atoms with E-state index in [2.05, 4.69) is 10.6 Å². The minimum atomic E-state index is -1.14. The average Bonchev–Trinajstić information content (AvgIpc) is 2.88. The van der Waals surface area contributed by atoms with Gasteiger partial charge in [-0.1, -0.05) is 11.6 Å². The van der Waals surface area contributed by atoms with E-state index in [4.69, 9.17) is 37.3 Å². The summed E-state index contributed by atoms with van der Waals surface area (Å²) in [4.78, 5) is 24.3. The molecule has 7 N–H and O–H groups in total. The van der Waals surface area contributed by atoms with Gasteiger partial charge in [-0.15, -0.1) is 0 Å². The van der Waals surface area contributed by atoms with E-state index < -0.39 is 18.5 Å². The molecule has 0 radical (unpaired) electrons. The number of nitrogen functional groups attached to an aromatic ring is 1. The van der Waals surface area contributed by atoms with Crippen molar-refractivity contribution in [1.82, 2.24) is 0 Å². The fourth-order valence-electron chi connectivity index (χ4n) is 3.67. The number of nitrogens with one attached hydrogen (secondary N) is 3. The molecule has 0 saturated carbocycles. The van der Waals surface area contributed by atoms with Gasteiger partial charge in [-0.05, 0) is 73.5 Å². The molecule has 1 amide bonds. The minimum Gasteiger partial charge on any atom is -0.490 e. The quantitative estimate of drug-likeness (QED) is 0.140. The SMILES string of the molecule is CCOc1cc(CCO)cc(CNc2ccc(Cl)cc2C(=O)Nc2ccc(C(=N)N)cc2)c1OCC(=O)O. The largest absolute Gasteiger partial charge is 0.490 e. The van der Waals surface area contributed by atoms with Gasteiger partial charge in [0.25, 0.3) is 5.91 Å². The highest BCUT2D eigenvalue weighted by Crippen LogP contribution is 2.35. The summed E-state index contributed by atoms with van der Waals surface area (Å²) in [6.07, 6.45) is 0.364. The molecule has 0 atom stereocenters. The Morgan fingerprint density at radius 3 is 2.45 bits per heavy atom. The summed E-state index contributed by atoms with van der Waals surface area (Å²) in [5.74, 6) is -1.02. The second-order valence-electron chi connectivity index (χ2n) is 8.16. The van der Waals surface area contributed by atoms with Crippen molar-refractivity contribution in [3.8, 4) is 11.5 Å². The van der Waals surface area contributed by atoms with Gasteiger partial charge >= 0.3 is 5.97 Å². The molecule has 0 aromatic heterocycles. The number of hydrogen-bond acceptors (Lipinski definition) is 7. The Balaban J connectivity index is 1.89. The van der Waals surface area contributed by atoms with Crippen LogP contribution in [0.1, 0.15) is 34.0 Å². The molecule has 0 aliphatic heterocycles. The van der Waals surface area contributed by atoms with Crippen molar-refractivity contribution in [1.29, 1.82) is 5.41 Å². The highest BCUT2D eigenvalue weighted by atomic mass is 35.5. The molecular formula is C27H29ClN4O6. The lowest BCUT2D eigenvalue weighted by Crippen LogP contribution is -2.16. The van der Waals surface area contributed by atoms with Gasteiger partial charge < -0.3 is 36.1 Å². The first kappa shape index (κ1) is 28.3. The highest BCUT2D eigenvalue weighted by molar-refractivity contribution is 6.31. The summed E-state index contributed by atoms with van der Waals surface area (Å²) in [6.45, 7) is 1.63. The van der Waals surface area contributed by atoms with Crippen molar-refractivity contribution in [2.24, 2.45) is 5.73 Å². The lowest BCUT2D eigenvalue weighted by atomic mass is 10.1. The molecule has 0 fully saturated rings. The van der Waals surface area contributed by atoms with Crippen LogP contribution in [-0.4, -0.2) is 47.7 Å². The summed E-state index contributed by atoms with van der Waals surface area (Å²) in [6, 6.07) is 14.9. The normalized spacial score (nSPS) is 10.5. The fourth-order valence-corrected chi connectivity index (χ4v) is 3.84. The number of carboxylic acid groups (broad SMARTS) is 1. The fraction of sp³-hybridized carbons (Fsp3) is 0.222. The van der Waals surface area contributed by atoms with Crippen molar-refractivity contribution in [2.45, 2.75) is 19.9 Å². The number of carboxylic acids is 1. The third-order valence-electron chi connectivity index (χ3n) is 5.38. The van der Waals surface area contributed by atoms with E-state index in [0.717, 1.165) is 5.56 Å². The Labute approximate surface area is 224 Å². The zero-order valence-electron chi connectivity index (χ0n) is 20.7. The van der Waals surface area contributed by atoms with Crippen molar-refractivity contribution in [3.05, 3.63) is 81.9 Å². The first-order valence-electron chi connectivity index (χ1n) is 11.7. The maximum atomic E-state index is 13.1. The van der Waals surface area contributed by atoms with Crippen LogP contribution >= 0.6 is 11.6 Å². The Hall–Kier alpha value is -4.28. The maximum Gasteiger partial charge on any atom is 0.341 e. The number of carbonyl (C=O) groups excluding carboxylic acids is 1. The molecule has 0 aliphatic rings. The number of halogens is 1. The molecule has 0 bridgehead atoms. The lowest BCUT2D eigenvalue weighted by molar-refractivity contribution is -0.139. The molecule has 3 aromatic carbocycles. The van der Waals surface area contributed by atoms with E-state index in [1.54, 1.807) is 55.5 Å². The molecule has 0 unspecified atom stereocenters. The second kappa shape index (κ2) is 13.3. The van der Waals surface area contributed by atoms with Gasteiger partial charge in [0, 0.05) is 40.7 Å². The Morgan fingerprint density at radius 2 is 1.82 bits per heavy atom. The zero-order chi connectivity index (χ0) is 27.7. The molecule has 0 aliphatic carbocycles. The first-order valence-corrected chi connectivity index (χ1v) is 12.1. The van der Waals surface area contributed by atoms with Gasteiger partial charge in [0.2, 0.25) is 0 Å². The number of aliphatic carboxylic acids is 1. The topological polar surface area (TPSA) is 167 Å². The van der Waals surface area contributed by atoms with Gasteiger partial charge in [0.05, 0.1) is 12.2 Å². The van der Waals surface area contributed by atoms with Gasteiger partial charge in [-0.2, -0.15) is 0 Å². The highest BCUT2D eigenvalue weighted by Gasteiger charge is 2.18. The number of hydrogen-bond donors (Lipinski definition) is 6. The zero-order valence-corrected chi connectivity index (χ0v) is 21.5. The lowest BCUT2D eigenvalue weighted by Gasteiger charge is -2.19. The number of aliphatic hydroxyl groups excluding tert-OH is 1. The predicted molar refractivity (Wildman–Crippen MR) is 146 cm³/mol. The van der Waals surface area contributed by atoms with Crippen LogP contribution in [0, 0.1) is 5.41 Å². The standard InChI is InChI=1S/C27H29ClN4O6/c1-2-37-23-12-16(9-10-33)11-18(25(23)38-15-24(34)35)14-31-22-8-5-19(28)13-21(22)27(36)32-20-6-3-17(4-7-20)26(29)30/h3-8,11-13,31,33H,2,9-10,14-15H2,1H3,(H3,29,30)(H,32,36)(H,34,35). The number of ether oxygens (including phenoxy) is 2. The van der Waals surface area contributed by atoms with Crippen LogP contribution in [0.3, 0.4) is 0 Å². The van der Waals surface area contributed by atoms with Crippen molar-refractivity contribution >= 4 is 40.7 Å². The summed E-state index contributed by atoms with van der Waals surface area (Å²) in [5.41, 5.74) is 8.64. The van der Waals surface area contributed by atoms with Gasteiger partial charge in [0.15, 0.2) is 18.1 Å². The molecule has 0 heterocycles. The molecule has 38 heavy (non-hydrogen) atoms. The third-order valence-corrected chi connectivity index (χ3v) is 5.62. The number of amides is 1. The van der Waals surface area contributed by atoms with E-state index in [1.165, 1.54) is 6.07 Å². The van der Waals surface area contributed by atoms with Crippen LogP contribution in [0.15, 0.2) is 54.6 Å². The predicted octanol–water partition coefficient (Wildman–Crippen LogP) is 3.89. The number of anilines is 2. The summed E-state index contributed by atoms with van der Waals surface area (Å²) < 4.78 is 11.2. The first-order chi connectivity index (χ1) is 18.2. The number of amidine groups is 1. The Kier molecular flexibility index (Phi) is 9.92. The smallest absolute Gasteiger partial charge is 0.341 e. The summed E-state index contributed by atoms with van der Waals surface area (Å²) >= 11 is 6.18. The third kappa shape index (κ3) is 7.61. The minimum absolute atomic E-state index is 0.0774. The van der Waals surface area contributed by atoms with Crippen LogP contribution < -0.4 is 25.8 Å². The van der Waals surface area contributed by atoms with Gasteiger partial charge in [0.1, 0.15) is 5.84 Å². The summed E-state index contributed by atoms with van der Waals surface area (Å²) in [5, 5.41) is 32.4. The molecular weight excluding hydrogens is 512 g/mol. The number of rotatable bonds is 13. The van der Waals surface area contributed by atoms with Gasteiger partial charge in [-0.25, -0.2) is 4.79 Å². The number of carbonyl (C=O) groups is 2. The monoisotopic (exact) mass is 540 g/mol. The van der Waals surface area contributed by atoms with E-state index in [1.807, 2.05) is 0 Å². The van der Waals surface area contributed by atoms with Crippen LogP contribution in [-0.2, 0) is 17.8 Å². The molecule has 200 valence electrons. The molecule has 3 aromatic rings. The second-order valence-corrected chi connectivity index (χ2v) is 8.60. The van der Waals surface area contributed by atoms with Crippen molar-refractivity contribution in [3.63, 3.8) is 0 Å². The molecule has 3 rings (SSSR count). The Morgan fingerprint density at radius 1 is 1.08 bits per heavy atom. The molecule has 0 spiro atoms. The van der Waals surface area contributed by atoms with E-state index in [9.17, 15) is 14.7 Å². The van der Waals surface area contributed by atoms with E-state index in [-0.39, 0.29) is 30.3 Å². The van der Waals surface area contributed by atoms with E-state index >= 15 is 0 Å². The summed E-state index contributed by atoms with van der Waals surface area (Å²) in [7, 11) is 0. The van der Waals surface area contributed by atoms with Crippen molar-refractivity contribution in [2.75, 3.05) is 30.5 Å². The average molecular weight is 541 g/mol. The maximum absolute atomic E-state index is 13.1. The molecule has 11 heteroatoms. The number of nitrogens with two attached hydrogens (primary N) is 1. The van der Waals surface area contributed by atoms with Crippen LogP contribution in [0.4, 0.5) is 11.4 Å². The van der Waals surface area contributed by atoms with Crippen LogP contribution in [0.5, 0.6) is 11.5 Å². The number of benzene rings is 3. The van der Waals surface area contributed by atoms with Gasteiger partial charge in [-0.3, -0.25) is 10.2 Å². The van der Waals surface area contributed by atoms with Crippen LogP contribution in [0.25, 0.3) is 0 Å². The van der Waals surface area contributed by atoms with Crippen LogP contribution in [0.2, 0.25) is 5.02 Å². The number of aliphatic hydroxyl groups is 1.